The zero-order chi connectivity index (χ0) is 109. The second-order valence-electron chi connectivity index (χ2n) is 36.9. The number of amides is 16. The highest BCUT2D eigenvalue weighted by Crippen LogP contribution is 2.50. The predicted octanol–water partition coefficient (Wildman–Crippen LogP) is -0.485. The molecule has 51 heteroatoms. The number of benzene rings is 3. The van der Waals surface area contributed by atoms with Crippen LogP contribution in [0.25, 0.3) is 0 Å². The summed E-state index contributed by atoms with van der Waals surface area (Å²) in [6, 6.07) is 11.5. The number of aliphatic carboxylic acids is 1. The van der Waals surface area contributed by atoms with Crippen molar-refractivity contribution in [1.29, 1.82) is 0 Å². The quantitative estimate of drug-likeness (QED) is 0.0147. The highest BCUT2D eigenvalue weighted by atomic mass is 31.2. The van der Waals surface area contributed by atoms with Crippen LogP contribution >= 0.6 is 15.4 Å². The van der Waals surface area contributed by atoms with E-state index in [1.54, 1.807) is 91.4 Å². The number of imide groups is 1. The molecule has 3 aliphatic rings. The van der Waals surface area contributed by atoms with Crippen LogP contribution in [-0.2, 0) is 151 Å². The molecular formula is C96H146N16O33P2. The van der Waals surface area contributed by atoms with E-state index in [-0.39, 0.29) is 133 Å². The summed E-state index contributed by atoms with van der Waals surface area (Å²) in [5.41, 5.74) is 1.53. The molecule has 3 aromatic carbocycles. The van der Waals surface area contributed by atoms with Gasteiger partial charge in [0.1, 0.15) is 42.4 Å². The summed E-state index contributed by atoms with van der Waals surface area (Å²) in [5, 5.41) is 39.5. The Bertz CT molecular complexity index is 4980. The molecule has 16 amide bonds. The third-order valence-electron chi connectivity index (χ3n) is 24.6. The number of phosphoric ester groups is 1. The van der Waals surface area contributed by atoms with E-state index in [9.17, 15) is 105 Å². The Balaban J connectivity index is 0.939. The molecule has 0 aromatic heterocycles. The van der Waals surface area contributed by atoms with Gasteiger partial charge in [0, 0.05) is 84.6 Å². The first-order valence-electron chi connectivity index (χ1n) is 48.7. The Morgan fingerprint density at radius 3 is 1.73 bits per heavy atom. The van der Waals surface area contributed by atoms with Crippen molar-refractivity contribution < 1.29 is 157 Å². The summed E-state index contributed by atoms with van der Waals surface area (Å²) in [6.07, 6.45) is -5.10. The molecule has 3 aliphatic heterocycles. The van der Waals surface area contributed by atoms with Crippen molar-refractivity contribution in [2.75, 3.05) is 146 Å². The van der Waals surface area contributed by atoms with Crippen molar-refractivity contribution in [3.63, 3.8) is 0 Å². The normalized spacial score (nSPS) is 17.8. The van der Waals surface area contributed by atoms with Crippen molar-refractivity contribution in [2.24, 2.45) is 29.6 Å². The largest absolute Gasteiger partial charge is 0.481 e. The van der Waals surface area contributed by atoms with Crippen LogP contribution in [0.5, 0.6) is 0 Å². The molecule has 17 atom stereocenters. The average Bonchev–Trinajstić information content (AvgIpc) is 1.62. The maximum absolute atomic E-state index is 14.7. The highest BCUT2D eigenvalue weighted by molar-refractivity contribution is 7.51. The number of ether oxygens (including phenoxy) is 7. The number of carboxylic acid groups (broad SMARTS) is 1. The number of likely N-dealkylation sites (N-methyl/N-ethyl adjacent to an activating group) is 2. The van der Waals surface area contributed by atoms with Crippen molar-refractivity contribution in [2.45, 2.75) is 218 Å². The van der Waals surface area contributed by atoms with Crippen molar-refractivity contribution >= 4 is 128 Å². The van der Waals surface area contributed by atoms with Gasteiger partial charge < -0.3 is 127 Å². The lowest BCUT2D eigenvalue weighted by Gasteiger charge is -2.41. The number of carbonyl (C=O) groups excluding carboxylic acids is 17. The van der Waals surface area contributed by atoms with Crippen molar-refractivity contribution in [3.05, 3.63) is 102 Å². The molecule has 6 rings (SSSR count). The van der Waals surface area contributed by atoms with Crippen LogP contribution in [0.3, 0.4) is 0 Å². The number of carboxylic acids is 1. The van der Waals surface area contributed by atoms with Crippen LogP contribution in [0.2, 0.25) is 0 Å². The Labute approximate surface area is 854 Å². The number of anilines is 1. The Morgan fingerprint density at radius 1 is 0.571 bits per heavy atom. The second kappa shape index (κ2) is 62.6. The molecule has 3 saturated heterocycles. The van der Waals surface area contributed by atoms with Crippen LogP contribution in [-0.4, -0.2) is 359 Å². The third kappa shape index (κ3) is 42.5. The molecule has 0 radical (unpaired) electrons. The summed E-state index contributed by atoms with van der Waals surface area (Å²) in [4.78, 5) is 275. The van der Waals surface area contributed by atoms with E-state index in [0.29, 0.717) is 42.5 Å². The van der Waals surface area contributed by atoms with Crippen molar-refractivity contribution in [3.8, 4) is 0 Å². The fraction of sp³-hybridized carbons (Fsp3) is 0.625. The first-order valence-corrected chi connectivity index (χ1v) is 52.0. The van der Waals surface area contributed by atoms with E-state index in [1.807, 2.05) is 60.5 Å². The maximum Gasteiger partial charge on any atom is 0.473 e. The molecule has 0 bridgehead atoms. The van der Waals surface area contributed by atoms with Gasteiger partial charge in [-0.25, -0.2) is 9.36 Å². The molecule has 49 nitrogen and oxygen atoms in total. The summed E-state index contributed by atoms with van der Waals surface area (Å²) < 4.78 is 75.4. The fourth-order valence-corrected chi connectivity index (χ4v) is 18.2. The summed E-state index contributed by atoms with van der Waals surface area (Å²) in [5.74, 6) is -16.5. The van der Waals surface area contributed by atoms with Crippen LogP contribution in [0.1, 0.15) is 149 Å². The van der Waals surface area contributed by atoms with E-state index in [4.69, 9.17) is 52.0 Å². The van der Waals surface area contributed by atoms with Gasteiger partial charge in [0.2, 0.25) is 94.5 Å². The van der Waals surface area contributed by atoms with Crippen molar-refractivity contribution in [1.82, 2.24) is 78.1 Å². The number of hydrogen-bond donors (Lipinski definition) is 16. The molecule has 3 aromatic rings. The van der Waals surface area contributed by atoms with Gasteiger partial charge in [-0.3, -0.25) is 105 Å². The number of phosphoric acid groups is 1. The minimum atomic E-state index is -4.99. The number of nitrogens with one attached hydrogen (secondary N) is 12. The number of methoxy groups -OCH3 is 2. The van der Waals surface area contributed by atoms with Crippen LogP contribution in [0, 0.1) is 29.6 Å². The van der Waals surface area contributed by atoms with Crippen LogP contribution in [0.4, 0.5) is 5.69 Å². The van der Waals surface area contributed by atoms with Gasteiger partial charge in [-0.1, -0.05) is 135 Å². The number of rotatable bonds is 67. The number of esters is 1. The lowest BCUT2D eigenvalue weighted by Crippen LogP contribution is -2.59. The Hall–Kier alpha value is -11.7. The second-order valence-corrected chi connectivity index (χ2v) is 40.1. The number of cyclic esters (lactones) is 1. The van der Waals surface area contributed by atoms with Crippen LogP contribution in [0.15, 0.2) is 84.9 Å². The summed E-state index contributed by atoms with van der Waals surface area (Å²) in [7, 11) is -1.24. The highest BCUT2D eigenvalue weighted by Gasteiger charge is 2.47. The molecule has 818 valence electrons. The maximum atomic E-state index is 14.7. The first-order chi connectivity index (χ1) is 69.6. The first kappa shape index (κ1) is 124. The third-order valence-corrected chi connectivity index (χ3v) is 26.4. The molecule has 0 saturated carbocycles. The van der Waals surface area contributed by atoms with Gasteiger partial charge in [0.25, 0.3) is 0 Å². The van der Waals surface area contributed by atoms with Gasteiger partial charge in [-0.2, -0.15) is 0 Å². The molecule has 3 heterocycles. The van der Waals surface area contributed by atoms with E-state index in [2.05, 4.69) is 63.8 Å². The van der Waals surface area contributed by atoms with Gasteiger partial charge >= 0.3 is 27.4 Å². The minimum absolute atomic E-state index is 0.0202. The molecule has 16 N–H and O–H groups in total. The predicted molar refractivity (Wildman–Crippen MR) is 527 cm³/mol. The van der Waals surface area contributed by atoms with Gasteiger partial charge in [-0.05, 0) is 80.4 Å². The summed E-state index contributed by atoms with van der Waals surface area (Å²) >= 11 is 0. The number of carbonyl (C=O) groups is 18. The molecule has 2 unspecified atom stereocenters. The van der Waals surface area contributed by atoms with E-state index >= 15 is 0 Å². The Morgan fingerprint density at radius 2 is 1.16 bits per heavy atom. The van der Waals surface area contributed by atoms with E-state index in [0.717, 1.165) is 4.90 Å². The zero-order valence-corrected chi connectivity index (χ0v) is 87.4. The average molecular weight is 2110 g/mol. The number of hydrogen-bond acceptors (Lipinski definition) is 30. The lowest BCUT2D eigenvalue weighted by atomic mass is 9.89. The molecule has 0 aliphatic carbocycles. The van der Waals surface area contributed by atoms with Crippen LogP contribution < -0.4 is 63.8 Å². The van der Waals surface area contributed by atoms with Gasteiger partial charge in [0.05, 0.1) is 153 Å². The standard InChI is InChI=1S/C96H146N16O33P2/c1-15-59(6)85(110(12)95(130)83(57(2)3)108-93(128)84(58(4)5)109(10)11)73(137-13)51-80(119)111-36-22-27-71(111)86(138-14)61(8)88(123)102-62(9)87(65-25-20-17-21-26-65)145-147(135,136)144-56-64-28-30-66(31-29-64)103-78(117)55-101-89(124)68(48-63-23-18-16-19-24-63)106-79(118)54-99-77(116)53-100-90(125)70(50-82(121)122)107-91(126)69(49-76(115)104-67-32-38-143-96(67)131)105-75(114)33-37-139-40-42-141-44-45-142-43-41-140-39-35-97-92(127)72(112-81(120)47-60(7)94(112)129)52-98-74(113)34-46-146(132,133)134/h16-21,23-26,28-31,57-62,67-73,83-87H,15,22,27,32-56H2,1-14H3,(H,97,127)(H,98,113)(H,99,116)(H,100,125)(H,101,124)(H,102,123)(H,103,117)(H,104,115)(H,105,114)(H,106,118)(H,107,126)(H,108,128)(H,121,122)(H,135,136)(H2,132,133,134)/t59-,60?,61+,62+,67-,68-,69-,70-,71-,72-,73+,83-,84-,85-,86+,87+/m0/s1. The molecular weight excluding hydrogens is 1970 g/mol. The smallest absolute Gasteiger partial charge is 0.473 e. The number of likely N-dealkylation sites (tertiary alicyclic amines) is 2. The topological polar surface area (TPSA) is 663 Å². The van der Waals surface area contributed by atoms with E-state index < -0.39 is 259 Å². The lowest BCUT2D eigenvalue weighted by molar-refractivity contribution is -0.148. The fourth-order valence-electron chi connectivity index (χ4n) is 16.7. The molecule has 3 fully saturated rings. The molecule has 147 heavy (non-hydrogen) atoms. The molecule has 0 spiro atoms. The monoisotopic (exact) mass is 2110 g/mol. The SMILES string of the molecule is CC[C@H](C)[C@@H]([C@@H](CC(=O)N1CCC[C@H]1[C@H](OC)[C@@H](C)C(=O)N[C@H](C)[C@@H](OP(=O)(O)OCc1ccc(NC(=O)CNC(=O)[C@H](Cc2ccccc2)NC(=O)CNC(=O)CNC(=O)[C@H](CC(=O)O)NC(=O)[C@H](CC(=O)N[C@H]2CCOC2=O)NC(=O)CCOCCOCCOCCOCCNC(=O)[C@H](CNC(=O)CCP(=O)(O)O)N2C(=O)CC(C)C2=O)cc1)c1ccccc1)OC)N(C)C(=O)[C@@H](NC(=O)[C@H](C(C)C)N(C)C)C(C)C. The Kier molecular flexibility index (Phi) is 52.8. The number of nitrogens with zero attached hydrogens (tertiary/aromatic N) is 4. The van der Waals surface area contributed by atoms with Gasteiger partial charge in [-0.15, -0.1) is 0 Å². The van der Waals surface area contributed by atoms with E-state index in [1.165, 1.54) is 45.4 Å². The van der Waals surface area contributed by atoms with Gasteiger partial charge in [0.15, 0.2) is 0 Å². The zero-order valence-electron chi connectivity index (χ0n) is 85.6. The summed E-state index contributed by atoms with van der Waals surface area (Å²) in [6.45, 7) is 13.3. The minimum Gasteiger partial charge on any atom is -0.481 e.